The van der Waals surface area contributed by atoms with Crippen molar-refractivity contribution in [2.45, 2.75) is 18.8 Å². The topological polar surface area (TPSA) is 26.3 Å². The molecule has 18 heavy (non-hydrogen) atoms. The number of carbonyl (C=O) groups excluding carboxylic acids is 1. The molecule has 3 rings (SSSR count). The van der Waals surface area contributed by atoms with E-state index in [1.165, 1.54) is 12.5 Å². The van der Waals surface area contributed by atoms with Crippen molar-refractivity contribution in [1.82, 2.24) is 0 Å². The third-order valence-electron chi connectivity index (χ3n) is 4.13. The average molecular weight is 240 g/mol. The summed E-state index contributed by atoms with van der Waals surface area (Å²) in [6.45, 7) is 2.11. The summed E-state index contributed by atoms with van der Waals surface area (Å²) in [5.74, 6) is 0.252. The van der Waals surface area contributed by atoms with Gasteiger partial charge in [-0.2, -0.15) is 0 Å². The molecular weight excluding hydrogens is 224 g/mol. The number of rotatable bonds is 2. The van der Waals surface area contributed by atoms with Crippen LogP contribution < -0.4 is 0 Å². The molecule has 0 radical (unpaired) electrons. The van der Waals surface area contributed by atoms with Gasteiger partial charge in [0.05, 0.1) is 12.5 Å². The second kappa shape index (κ2) is 3.84. The Kier molecular flexibility index (Phi) is 2.40. The van der Waals surface area contributed by atoms with Crippen LogP contribution in [0.3, 0.4) is 0 Å². The quantitative estimate of drug-likeness (QED) is 0.753. The Morgan fingerprint density at radius 1 is 1.22 bits per heavy atom. The van der Waals surface area contributed by atoms with E-state index in [2.05, 4.69) is 31.2 Å². The van der Waals surface area contributed by atoms with E-state index in [0.717, 1.165) is 17.4 Å². The van der Waals surface area contributed by atoms with Crippen LogP contribution in [0.4, 0.5) is 0 Å². The first kappa shape index (κ1) is 11.3. The molecule has 2 aromatic rings. The largest absolute Gasteiger partial charge is 0.468 e. The molecule has 2 unspecified atom stereocenters. The van der Waals surface area contributed by atoms with E-state index >= 15 is 0 Å². The van der Waals surface area contributed by atoms with Gasteiger partial charge in [-0.15, -0.1) is 0 Å². The fourth-order valence-electron chi connectivity index (χ4n) is 2.99. The van der Waals surface area contributed by atoms with Crippen LogP contribution in [-0.2, 0) is 14.9 Å². The highest BCUT2D eigenvalue weighted by atomic mass is 16.5. The predicted molar refractivity (Wildman–Crippen MR) is 71.4 cm³/mol. The third kappa shape index (κ3) is 1.38. The van der Waals surface area contributed by atoms with Crippen molar-refractivity contribution in [2.24, 2.45) is 5.92 Å². The van der Waals surface area contributed by atoms with Crippen molar-refractivity contribution in [2.75, 3.05) is 7.11 Å². The molecule has 0 saturated heterocycles. The molecule has 2 nitrogen and oxygen atoms in total. The van der Waals surface area contributed by atoms with Gasteiger partial charge in [0.15, 0.2) is 0 Å². The number of fused-ring (bicyclic) bond motifs is 1. The number of carbonyl (C=O) groups is 1. The highest BCUT2D eigenvalue weighted by molar-refractivity contribution is 5.96. The molecule has 2 atom stereocenters. The average Bonchev–Trinajstić information content (AvgIpc) is 3.10. The molecule has 0 spiro atoms. The van der Waals surface area contributed by atoms with Crippen molar-refractivity contribution < 1.29 is 9.53 Å². The fraction of sp³-hybridized carbons (Fsp3) is 0.312. The van der Waals surface area contributed by atoms with Crippen LogP contribution in [0.2, 0.25) is 0 Å². The second-order valence-electron chi connectivity index (χ2n) is 5.09. The smallest absolute Gasteiger partial charge is 0.316 e. The van der Waals surface area contributed by atoms with Crippen molar-refractivity contribution in [3.05, 3.63) is 48.0 Å². The molecule has 1 saturated carbocycles. The Bertz CT molecular complexity index is 612. The molecule has 2 heteroatoms. The molecule has 2 aromatic carbocycles. The van der Waals surface area contributed by atoms with Crippen LogP contribution in [0.25, 0.3) is 10.8 Å². The van der Waals surface area contributed by atoms with Crippen molar-refractivity contribution in [3.63, 3.8) is 0 Å². The fourth-order valence-corrected chi connectivity index (χ4v) is 2.99. The summed E-state index contributed by atoms with van der Waals surface area (Å²) < 4.78 is 5.01. The zero-order valence-corrected chi connectivity index (χ0v) is 10.6. The predicted octanol–water partition coefficient (Wildman–Crippen LogP) is 3.29. The lowest BCUT2D eigenvalue weighted by Crippen LogP contribution is -2.24. The first-order valence-electron chi connectivity index (χ1n) is 6.27. The van der Waals surface area contributed by atoms with Crippen molar-refractivity contribution >= 4 is 16.7 Å². The van der Waals surface area contributed by atoms with Gasteiger partial charge in [-0.1, -0.05) is 49.4 Å². The molecule has 0 bridgehead atoms. The Morgan fingerprint density at radius 2 is 1.89 bits per heavy atom. The Morgan fingerprint density at radius 3 is 2.56 bits per heavy atom. The van der Waals surface area contributed by atoms with Crippen molar-refractivity contribution in [3.8, 4) is 0 Å². The van der Waals surface area contributed by atoms with Gasteiger partial charge in [0.1, 0.15) is 0 Å². The summed E-state index contributed by atoms with van der Waals surface area (Å²) in [4.78, 5) is 12.1. The minimum atomic E-state index is -0.421. The van der Waals surface area contributed by atoms with Crippen LogP contribution in [0.1, 0.15) is 18.9 Å². The van der Waals surface area contributed by atoms with Gasteiger partial charge in [0.2, 0.25) is 0 Å². The minimum Gasteiger partial charge on any atom is -0.468 e. The normalized spacial score (nSPS) is 26.0. The van der Waals surface area contributed by atoms with Gasteiger partial charge in [-0.3, -0.25) is 4.79 Å². The number of hydrogen-bond donors (Lipinski definition) is 0. The maximum atomic E-state index is 12.1. The number of ether oxygens (including phenoxy) is 1. The summed E-state index contributed by atoms with van der Waals surface area (Å²) in [6.07, 6.45) is 0.883. The Labute approximate surface area is 107 Å². The third-order valence-corrected chi connectivity index (χ3v) is 4.13. The lowest BCUT2D eigenvalue weighted by atomic mass is 9.89. The minimum absolute atomic E-state index is 0.105. The van der Waals surface area contributed by atoms with Gasteiger partial charge in [0, 0.05) is 0 Å². The van der Waals surface area contributed by atoms with E-state index in [1.54, 1.807) is 0 Å². The summed E-state index contributed by atoms with van der Waals surface area (Å²) in [5, 5.41) is 2.34. The summed E-state index contributed by atoms with van der Waals surface area (Å²) in [7, 11) is 1.47. The number of methoxy groups -OCH3 is 1. The zero-order valence-electron chi connectivity index (χ0n) is 10.6. The standard InChI is InChI=1S/C16H16O2/c1-11-10-16(11,15(17)18-2)14-9-5-7-12-6-3-4-8-13(12)14/h3-9,11H,10H2,1-2H3. The molecular formula is C16H16O2. The van der Waals surface area contributed by atoms with Crippen LogP contribution in [-0.4, -0.2) is 13.1 Å². The first-order valence-corrected chi connectivity index (χ1v) is 6.27. The lowest BCUT2D eigenvalue weighted by molar-refractivity contribution is -0.144. The number of benzene rings is 2. The van der Waals surface area contributed by atoms with Gasteiger partial charge in [0.25, 0.3) is 0 Å². The molecule has 0 aromatic heterocycles. The maximum absolute atomic E-state index is 12.1. The molecule has 1 aliphatic rings. The Balaban J connectivity index is 2.23. The lowest BCUT2D eigenvalue weighted by Gasteiger charge is -2.17. The number of hydrogen-bond acceptors (Lipinski definition) is 2. The maximum Gasteiger partial charge on any atom is 0.316 e. The molecule has 0 amide bonds. The molecule has 1 aliphatic carbocycles. The van der Waals surface area contributed by atoms with E-state index < -0.39 is 5.41 Å². The SMILES string of the molecule is COC(=O)C1(c2cccc3ccccc23)CC1C. The highest BCUT2D eigenvalue weighted by Gasteiger charge is 2.60. The zero-order chi connectivity index (χ0) is 12.8. The molecule has 92 valence electrons. The summed E-state index contributed by atoms with van der Waals surface area (Å²) in [5.41, 5.74) is 0.690. The molecule has 0 N–H and O–H groups in total. The summed E-state index contributed by atoms with van der Waals surface area (Å²) in [6, 6.07) is 14.4. The molecule has 0 heterocycles. The van der Waals surface area contributed by atoms with E-state index in [4.69, 9.17) is 4.74 Å². The van der Waals surface area contributed by atoms with Crippen LogP contribution in [0.15, 0.2) is 42.5 Å². The highest BCUT2D eigenvalue weighted by Crippen LogP contribution is 2.56. The van der Waals surface area contributed by atoms with E-state index in [9.17, 15) is 4.79 Å². The van der Waals surface area contributed by atoms with E-state index in [0.29, 0.717) is 5.92 Å². The number of esters is 1. The molecule has 0 aliphatic heterocycles. The van der Waals surface area contributed by atoms with E-state index in [-0.39, 0.29) is 5.97 Å². The summed E-state index contributed by atoms with van der Waals surface area (Å²) >= 11 is 0. The van der Waals surface area contributed by atoms with Crippen LogP contribution in [0.5, 0.6) is 0 Å². The van der Waals surface area contributed by atoms with E-state index in [1.807, 2.05) is 18.2 Å². The van der Waals surface area contributed by atoms with Gasteiger partial charge >= 0.3 is 5.97 Å². The Hall–Kier alpha value is -1.83. The monoisotopic (exact) mass is 240 g/mol. The second-order valence-corrected chi connectivity index (χ2v) is 5.09. The van der Waals surface area contributed by atoms with Crippen LogP contribution in [0, 0.1) is 5.92 Å². The van der Waals surface area contributed by atoms with Gasteiger partial charge in [-0.05, 0) is 28.7 Å². The first-order chi connectivity index (χ1) is 8.70. The van der Waals surface area contributed by atoms with Gasteiger partial charge < -0.3 is 4.74 Å². The van der Waals surface area contributed by atoms with Crippen LogP contribution >= 0.6 is 0 Å². The van der Waals surface area contributed by atoms with Gasteiger partial charge in [-0.25, -0.2) is 0 Å². The van der Waals surface area contributed by atoms with Crippen molar-refractivity contribution in [1.29, 1.82) is 0 Å². The molecule has 1 fully saturated rings.